The van der Waals surface area contributed by atoms with E-state index in [0.717, 1.165) is 16.8 Å². The fourth-order valence-electron chi connectivity index (χ4n) is 2.72. The predicted molar refractivity (Wildman–Crippen MR) is 109 cm³/mol. The van der Waals surface area contributed by atoms with E-state index in [9.17, 15) is 4.79 Å². The Morgan fingerprint density at radius 2 is 2.00 bits per heavy atom. The van der Waals surface area contributed by atoms with Gasteiger partial charge in [-0.15, -0.1) is 0 Å². The van der Waals surface area contributed by atoms with E-state index in [1.165, 1.54) is 0 Å². The van der Waals surface area contributed by atoms with Crippen LogP contribution in [-0.2, 0) is 6.54 Å². The number of rotatable bonds is 5. The van der Waals surface area contributed by atoms with Crippen LogP contribution in [-0.4, -0.2) is 15.9 Å². The average Bonchev–Trinajstić information content (AvgIpc) is 3.11. The van der Waals surface area contributed by atoms with Gasteiger partial charge in [-0.25, -0.2) is 4.98 Å². The molecule has 4 rings (SSSR count). The monoisotopic (exact) mass is 393 g/mol. The first-order valence-corrected chi connectivity index (χ1v) is 8.86. The number of pyridine rings is 2. The molecule has 0 bridgehead atoms. The van der Waals surface area contributed by atoms with Crippen molar-refractivity contribution in [2.75, 3.05) is 16.4 Å². The summed E-state index contributed by atoms with van der Waals surface area (Å²) in [5.41, 5.74) is 8.48. The fourth-order valence-corrected chi connectivity index (χ4v) is 2.90. The summed E-state index contributed by atoms with van der Waals surface area (Å²) < 4.78 is 5.59. The lowest BCUT2D eigenvalue weighted by Gasteiger charge is -2.09. The summed E-state index contributed by atoms with van der Waals surface area (Å²) in [4.78, 5) is 20.8. The number of benzene rings is 1. The number of nitrogens with one attached hydrogen (secondary N) is 2. The molecule has 8 heteroatoms. The van der Waals surface area contributed by atoms with E-state index in [1.807, 2.05) is 6.07 Å². The van der Waals surface area contributed by atoms with Crippen molar-refractivity contribution in [1.82, 2.24) is 9.97 Å². The van der Waals surface area contributed by atoms with Gasteiger partial charge in [-0.3, -0.25) is 9.78 Å². The number of nitrogens with zero attached hydrogens (tertiary/aromatic N) is 2. The minimum absolute atomic E-state index is 0.205. The zero-order valence-electron chi connectivity index (χ0n) is 14.6. The first kappa shape index (κ1) is 17.8. The molecule has 140 valence electrons. The number of hydrogen-bond acceptors (Lipinski definition) is 6. The number of nitrogens with two attached hydrogens (primary N) is 1. The van der Waals surface area contributed by atoms with E-state index >= 15 is 0 Å². The minimum Gasteiger partial charge on any atom is -0.451 e. The first-order chi connectivity index (χ1) is 13.6. The second-order valence-electron chi connectivity index (χ2n) is 6.07. The molecule has 7 nitrogen and oxygen atoms in total. The van der Waals surface area contributed by atoms with Crippen LogP contribution in [0, 0.1) is 0 Å². The van der Waals surface area contributed by atoms with Crippen molar-refractivity contribution in [2.45, 2.75) is 6.54 Å². The van der Waals surface area contributed by atoms with E-state index < -0.39 is 0 Å². The number of anilines is 3. The third-order valence-electron chi connectivity index (χ3n) is 4.08. The van der Waals surface area contributed by atoms with Crippen molar-refractivity contribution >= 4 is 45.7 Å². The molecule has 28 heavy (non-hydrogen) atoms. The number of carbonyl (C=O) groups excluding carboxylic acids is 1. The number of halogens is 1. The summed E-state index contributed by atoms with van der Waals surface area (Å²) in [6.07, 6.45) is 3.25. The smallest absolute Gasteiger partial charge is 0.291 e. The summed E-state index contributed by atoms with van der Waals surface area (Å²) in [6.45, 7) is 0.433. The third kappa shape index (κ3) is 3.89. The highest BCUT2D eigenvalue weighted by molar-refractivity contribution is 6.31. The SMILES string of the molecule is Nc1ncccc1NCc1cc(NC(=O)c2cc3cc(Cl)ccc3o2)ccn1. The summed E-state index contributed by atoms with van der Waals surface area (Å²) >= 11 is 5.97. The average molecular weight is 394 g/mol. The van der Waals surface area contributed by atoms with E-state index in [-0.39, 0.29) is 11.7 Å². The molecule has 1 amide bonds. The van der Waals surface area contributed by atoms with E-state index in [1.54, 1.807) is 54.9 Å². The highest BCUT2D eigenvalue weighted by atomic mass is 35.5. The summed E-state index contributed by atoms with van der Waals surface area (Å²) in [7, 11) is 0. The van der Waals surface area contributed by atoms with Gasteiger partial charge in [0.05, 0.1) is 17.9 Å². The largest absolute Gasteiger partial charge is 0.451 e. The molecule has 4 N–H and O–H groups in total. The molecular formula is C20H16ClN5O2. The van der Waals surface area contributed by atoms with Gasteiger partial charge in [-0.1, -0.05) is 11.6 Å². The molecule has 0 unspecified atom stereocenters. The topological polar surface area (TPSA) is 106 Å². The van der Waals surface area contributed by atoms with Crippen LogP contribution in [0.3, 0.4) is 0 Å². The van der Waals surface area contributed by atoms with Gasteiger partial charge < -0.3 is 20.8 Å². The van der Waals surface area contributed by atoms with Crippen molar-refractivity contribution in [3.8, 4) is 0 Å². The zero-order valence-corrected chi connectivity index (χ0v) is 15.4. The number of aromatic nitrogens is 2. The van der Waals surface area contributed by atoms with E-state index in [2.05, 4.69) is 20.6 Å². The quantitative estimate of drug-likeness (QED) is 0.466. The summed E-state index contributed by atoms with van der Waals surface area (Å²) in [5, 5.41) is 7.34. The highest BCUT2D eigenvalue weighted by Gasteiger charge is 2.13. The zero-order chi connectivity index (χ0) is 19.5. The van der Waals surface area contributed by atoms with Crippen LogP contribution in [0.2, 0.25) is 5.02 Å². The number of fused-ring (bicyclic) bond motifs is 1. The minimum atomic E-state index is -0.353. The molecule has 4 aromatic rings. The van der Waals surface area contributed by atoms with Crippen molar-refractivity contribution < 1.29 is 9.21 Å². The number of amides is 1. The third-order valence-corrected chi connectivity index (χ3v) is 4.31. The van der Waals surface area contributed by atoms with Crippen LogP contribution in [0.4, 0.5) is 17.2 Å². The molecular weight excluding hydrogens is 378 g/mol. The summed E-state index contributed by atoms with van der Waals surface area (Å²) in [6, 6.07) is 14.0. The number of furan rings is 1. The van der Waals surface area contributed by atoms with Gasteiger partial charge in [0.2, 0.25) is 0 Å². The molecule has 3 heterocycles. The molecule has 0 radical (unpaired) electrons. The molecule has 0 spiro atoms. The molecule has 0 fully saturated rings. The van der Waals surface area contributed by atoms with Crippen molar-refractivity contribution in [2.24, 2.45) is 0 Å². The Bertz CT molecular complexity index is 1160. The maximum absolute atomic E-state index is 12.5. The Morgan fingerprint density at radius 1 is 1.11 bits per heavy atom. The maximum atomic E-state index is 12.5. The number of nitrogen functional groups attached to an aromatic ring is 1. The molecule has 0 saturated heterocycles. The molecule has 3 aromatic heterocycles. The van der Waals surface area contributed by atoms with Gasteiger partial charge in [0, 0.05) is 28.5 Å². The Kier molecular flexibility index (Phi) is 4.82. The second kappa shape index (κ2) is 7.58. The lowest BCUT2D eigenvalue weighted by molar-refractivity contribution is 0.0998. The molecule has 0 saturated carbocycles. The van der Waals surface area contributed by atoms with Gasteiger partial charge in [0.1, 0.15) is 11.4 Å². The van der Waals surface area contributed by atoms with Crippen molar-refractivity contribution in [1.29, 1.82) is 0 Å². The lowest BCUT2D eigenvalue weighted by Crippen LogP contribution is -2.12. The van der Waals surface area contributed by atoms with Crippen molar-refractivity contribution in [3.63, 3.8) is 0 Å². The van der Waals surface area contributed by atoms with Crippen LogP contribution in [0.5, 0.6) is 0 Å². The fraction of sp³-hybridized carbons (Fsp3) is 0.0500. The Morgan fingerprint density at radius 3 is 2.86 bits per heavy atom. The molecule has 0 aliphatic rings. The highest BCUT2D eigenvalue weighted by Crippen LogP contribution is 2.24. The predicted octanol–water partition coefficient (Wildman–Crippen LogP) is 4.32. The van der Waals surface area contributed by atoms with Gasteiger partial charge >= 0.3 is 0 Å². The van der Waals surface area contributed by atoms with Gasteiger partial charge in [-0.2, -0.15) is 0 Å². The Balaban J connectivity index is 1.46. The molecule has 0 aliphatic heterocycles. The number of carbonyl (C=O) groups is 1. The van der Waals surface area contributed by atoms with Gasteiger partial charge in [0.15, 0.2) is 5.76 Å². The van der Waals surface area contributed by atoms with Crippen LogP contribution in [0.1, 0.15) is 16.2 Å². The lowest BCUT2D eigenvalue weighted by atomic mass is 10.2. The van der Waals surface area contributed by atoms with Gasteiger partial charge in [0.25, 0.3) is 5.91 Å². The molecule has 0 aliphatic carbocycles. The Hall–Kier alpha value is -3.58. The maximum Gasteiger partial charge on any atom is 0.291 e. The standard InChI is InChI=1S/C20H16ClN5O2/c21-13-3-4-17-12(8-13)9-18(28-17)20(27)26-14-5-7-23-15(10-14)11-25-16-2-1-6-24-19(16)22/h1-10,25H,11H2,(H2,22,24)(H,23,26,27). The normalized spacial score (nSPS) is 10.8. The van der Waals surface area contributed by atoms with Crippen LogP contribution < -0.4 is 16.4 Å². The number of hydrogen-bond donors (Lipinski definition) is 3. The van der Waals surface area contributed by atoms with Gasteiger partial charge in [-0.05, 0) is 48.5 Å². The van der Waals surface area contributed by atoms with E-state index in [4.69, 9.17) is 21.8 Å². The molecule has 1 aromatic carbocycles. The molecule has 0 atom stereocenters. The van der Waals surface area contributed by atoms with E-state index in [0.29, 0.717) is 28.7 Å². The Labute approximate surface area is 165 Å². The van der Waals surface area contributed by atoms with Crippen LogP contribution in [0.25, 0.3) is 11.0 Å². The summed E-state index contributed by atoms with van der Waals surface area (Å²) in [5.74, 6) is 0.266. The van der Waals surface area contributed by atoms with Crippen LogP contribution in [0.15, 0.2) is 65.3 Å². The first-order valence-electron chi connectivity index (χ1n) is 8.48. The van der Waals surface area contributed by atoms with Crippen LogP contribution >= 0.6 is 11.6 Å². The second-order valence-corrected chi connectivity index (χ2v) is 6.51. The van der Waals surface area contributed by atoms with Crippen molar-refractivity contribution in [3.05, 3.63) is 77.4 Å².